The molecule has 1 aromatic heterocycles. The SMILES string of the molecule is OCC1(Cc2ccc(Cl)s2)CCCOC1. The Balaban J connectivity index is 2.06. The number of halogens is 1. The van der Waals surface area contributed by atoms with Crippen molar-refractivity contribution in [2.75, 3.05) is 19.8 Å². The number of hydrogen-bond donors (Lipinski definition) is 1. The van der Waals surface area contributed by atoms with Crippen molar-refractivity contribution in [1.82, 2.24) is 0 Å². The van der Waals surface area contributed by atoms with Gasteiger partial charge in [0, 0.05) is 16.9 Å². The molecular weight excluding hydrogens is 232 g/mol. The van der Waals surface area contributed by atoms with Gasteiger partial charge in [0.05, 0.1) is 17.6 Å². The molecule has 0 saturated carbocycles. The standard InChI is InChI=1S/C11H15ClO2S/c12-10-3-2-9(15-10)6-11(7-13)4-1-5-14-8-11/h2-3,13H,1,4-8H2. The third-order valence-electron chi connectivity index (χ3n) is 2.92. The minimum Gasteiger partial charge on any atom is -0.396 e. The van der Waals surface area contributed by atoms with Gasteiger partial charge in [0.1, 0.15) is 0 Å². The lowest BCUT2D eigenvalue weighted by molar-refractivity contribution is -0.0374. The molecule has 2 nitrogen and oxygen atoms in total. The second kappa shape index (κ2) is 4.83. The van der Waals surface area contributed by atoms with Crippen LogP contribution in [0.4, 0.5) is 0 Å². The van der Waals surface area contributed by atoms with Gasteiger partial charge in [-0.05, 0) is 31.4 Å². The fraction of sp³-hybridized carbons (Fsp3) is 0.636. The molecular formula is C11H15ClO2S. The highest BCUT2D eigenvalue weighted by atomic mass is 35.5. The lowest BCUT2D eigenvalue weighted by atomic mass is 9.80. The van der Waals surface area contributed by atoms with Gasteiger partial charge in [-0.2, -0.15) is 0 Å². The van der Waals surface area contributed by atoms with Gasteiger partial charge in [-0.3, -0.25) is 0 Å². The molecule has 0 aromatic carbocycles. The van der Waals surface area contributed by atoms with E-state index in [9.17, 15) is 5.11 Å². The Bertz CT molecular complexity index is 318. The number of rotatable bonds is 3. The summed E-state index contributed by atoms with van der Waals surface area (Å²) in [5, 5.41) is 9.50. The average Bonchev–Trinajstić information content (AvgIpc) is 2.65. The molecule has 1 aliphatic rings. The second-order valence-electron chi connectivity index (χ2n) is 4.20. The van der Waals surface area contributed by atoms with Crippen LogP contribution in [0.1, 0.15) is 17.7 Å². The summed E-state index contributed by atoms with van der Waals surface area (Å²) in [5.41, 5.74) is -0.0770. The Labute approximate surface area is 98.8 Å². The molecule has 4 heteroatoms. The number of aliphatic hydroxyl groups is 1. The van der Waals surface area contributed by atoms with Gasteiger partial charge in [-0.15, -0.1) is 11.3 Å². The summed E-state index contributed by atoms with van der Waals surface area (Å²) < 4.78 is 6.28. The molecule has 15 heavy (non-hydrogen) atoms. The first-order valence-electron chi connectivity index (χ1n) is 5.17. The maximum Gasteiger partial charge on any atom is 0.0931 e. The summed E-state index contributed by atoms with van der Waals surface area (Å²) in [7, 11) is 0. The zero-order valence-electron chi connectivity index (χ0n) is 8.54. The van der Waals surface area contributed by atoms with Gasteiger partial charge in [0.25, 0.3) is 0 Å². The topological polar surface area (TPSA) is 29.5 Å². The summed E-state index contributed by atoms with van der Waals surface area (Å²) >= 11 is 7.49. The Kier molecular flexibility index (Phi) is 3.67. The van der Waals surface area contributed by atoms with Crippen molar-refractivity contribution in [3.05, 3.63) is 21.3 Å². The van der Waals surface area contributed by atoms with Crippen LogP contribution < -0.4 is 0 Å². The van der Waals surface area contributed by atoms with Crippen LogP contribution in [0.25, 0.3) is 0 Å². The molecule has 0 aliphatic carbocycles. The summed E-state index contributed by atoms with van der Waals surface area (Å²) in [5.74, 6) is 0. The van der Waals surface area contributed by atoms with Crippen molar-refractivity contribution in [2.45, 2.75) is 19.3 Å². The first kappa shape index (κ1) is 11.4. The molecule has 1 saturated heterocycles. The molecule has 1 aromatic rings. The van der Waals surface area contributed by atoms with Crippen LogP contribution in [0.2, 0.25) is 4.34 Å². The summed E-state index contributed by atoms with van der Waals surface area (Å²) in [6.45, 7) is 1.69. The number of aliphatic hydroxyl groups excluding tert-OH is 1. The third kappa shape index (κ3) is 2.72. The van der Waals surface area contributed by atoms with Crippen molar-refractivity contribution in [1.29, 1.82) is 0 Å². The van der Waals surface area contributed by atoms with Gasteiger partial charge >= 0.3 is 0 Å². The second-order valence-corrected chi connectivity index (χ2v) is 6.00. The van der Waals surface area contributed by atoms with Gasteiger partial charge in [-0.25, -0.2) is 0 Å². The van der Waals surface area contributed by atoms with Gasteiger partial charge < -0.3 is 9.84 Å². The summed E-state index contributed by atoms with van der Waals surface area (Å²) in [6.07, 6.45) is 2.96. The van der Waals surface area contributed by atoms with Crippen molar-refractivity contribution >= 4 is 22.9 Å². The zero-order valence-corrected chi connectivity index (χ0v) is 10.1. The van der Waals surface area contributed by atoms with E-state index in [2.05, 4.69) is 0 Å². The Morgan fingerprint density at radius 3 is 2.93 bits per heavy atom. The lowest BCUT2D eigenvalue weighted by Gasteiger charge is -2.35. The molecule has 1 fully saturated rings. The zero-order chi connectivity index (χ0) is 10.7. The van der Waals surface area contributed by atoms with E-state index in [-0.39, 0.29) is 12.0 Å². The summed E-state index contributed by atoms with van der Waals surface area (Å²) in [4.78, 5) is 1.24. The van der Waals surface area contributed by atoms with Gasteiger partial charge in [-0.1, -0.05) is 11.6 Å². The summed E-state index contributed by atoms with van der Waals surface area (Å²) in [6, 6.07) is 3.95. The smallest absolute Gasteiger partial charge is 0.0931 e. The minimum absolute atomic E-state index is 0.0770. The first-order chi connectivity index (χ1) is 7.24. The fourth-order valence-electron chi connectivity index (χ4n) is 2.05. The third-order valence-corrected chi connectivity index (χ3v) is 4.15. The maximum absolute atomic E-state index is 9.50. The van der Waals surface area contributed by atoms with E-state index in [4.69, 9.17) is 16.3 Å². The molecule has 2 rings (SSSR count). The van der Waals surface area contributed by atoms with Crippen LogP contribution >= 0.6 is 22.9 Å². The van der Waals surface area contributed by atoms with Crippen LogP contribution in [0.15, 0.2) is 12.1 Å². The number of hydrogen-bond acceptors (Lipinski definition) is 3. The van der Waals surface area contributed by atoms with Gasteiger partial charge in [0.15, 0.2) is 0 Å². The van der Waals surface area contributed by atoms with Crippen molar-refractivity contribution in [2.24, 2.45) is 5.41 Å². The maximum atomic E-state index is 9.50. The highest BCUT2D eigenvalue weighted by molar-refractivity contribution is 7.16. The van der Waals surface area contributed by atoms with E-state index in [1.54, 1.807) is 11.3 Å². The highest BCUT2D eigenvalue weighted by Gasteiger charge is 2.32. The largest absolute Gasteiger partial charge is 0.396 e. The van der Waals surface area contributed by atoms with E-state index in [0.717, 1.165) is 30.2 Å². The molecule has 1 N–H and O–H groups in total. The van der Waals surface area contributed by atoms with Crippen LogP contribution in [0.5, 0.6) is 0 Å². The molecule has 0 bridgehead atoms. The van der Waals surface area contributed by atoms with Crippen LogP contribution in [-0.2, 0) is 11.2 Å². The van der Waals surface area contributed by atoms with Crippen LogP contribution in [0, 0.1) is 5.41 Å². The van der Waals surface area contributed by atoms with Crippen LogP contribution in [-0.4, -0.2) is 24.9 Å². The predicted octanol–water partition coefficient (Wildman–Crippen LogP) is 2.73. The molecule has 1 unspecified atom stereocenters. The normalized spacial score (nSPS) is 26.8. The fourth-order valence-corrected chi connectivity index (χ4v) is 3.31. The number of ether oxygens (including phenoxy) is 1. The molecule has 0 amide bonds. The van der Waals surface area contributed by atoms with E-state index >= 15 is 0 Å². The average molecular weight is 247 g/mol. The minimum atomic E-state index is -0.0770. The van der Waals surface area contributed by atoms with E-state index in [1.165, 1.54) is 4.88 Å². The predicted molar refractivity (Wildman–Crippen MR) is 62.6 cm³/mol. The molecule has 2 heterocycles. The van der Waals surface area contributed by atoms with Crippen molar-refractivity contribution < 1.29 is 9.84 Å². The quantitative estimate of drug-likeness (QED) is 0.889. The monoisotopic (exact) mass is 246 g/mol. The molecule has 1 atom stereocenters. The highest BCUT2D eigenvalue weighted by Crippen LogP contribution is 2.35. The molecule has 0 spiro atoms. The Hall–Kier alpha value is -0.0900. The molecule has 84 valence electrons. The van der Waals surface area contributed by atoms with E-state index < -0.39 is 0 Å². The van der Waals surface area contributed by atoms with Gasteiger partial charge in [0.2, 0.25) is 0 Å². The van der Waals surface area contributed by atoms with E-state index in [1.807, 2.05) is 12.1 Å². The first-order valence-corrected chi connectivity index (χ1v) is 6.36. The van der Waals surface area contributed by atoms with Crippen LogP contribution in [0.3, 0.4) is 0 Å². The molecule has 1 aliphatic heterocycles. The van der Waals surface area contributed by atoms with E-state index in [0.29, 0.717) is 6.61 Å². The van der Waals surface area contributed by atoms with Crippen molar-refractivity contribution in [3.63, 3.8) is 0 Å². The van der Waals surface area contributed by atoms with Crippen molar-refractivity contribution in [3.8, 4) is 0 Å². The Morgan fingerprint density at radius 2 is 2.40 bits per heavy atom. The molecule has 0 radical (unpaired) electrons. The number of thiophene rings is 1. The Morgan fingerprint density at radius 1 is 1.53 bits per heavy atom. The lowest BCUT2D eigenvalue weighted by Crippen LogP contribution is -2.37.